The number of likely N-dealkylation sites (N-methyl/N-ethyl adjacent to an activating group) is 1. The van der Waals surface area contributed by atoms with Gasteiger partial charge < -0.3 is 4.90 Å². The van der Waals surface area contributed by atoms with Crippen LogP contribution in [-0.2, 0) is 5.41 Å². The van der Waals surface area contributed by atoms with Crippen molar-refractivity contribution in [2.45, 2.75) is 51.9 Å². The molecule has 0 radical (unpaired) electrons. The highest BCUT2D eigenvalue weighted by Crippen LogP contribution is 2.52. The van der Waals surface area contributed by atoms with Gasteiger partial charge in [-0.15, -0.1) is 0 Å². The molecule has 1 aromatic carbocycles. The number of nitrogens with zero attached hydrogens (tertiary/aromatic N) is 3. The third kappa shape index (κ3) is 2.33. The summed E-state index contributed by atoms with van der Waals surface area (Å²) in [5.41, 5.74) is 4.65. The molecule has 0 fully saturated rings. The van der Waals surface area contributed by atoms with Gasteiger partial charge in [0, 0.05) is 29.2 Å². The molecule has 0 saturated heterocycles. The maximum Gasteiger partial charge on any atom is 0.140 e. The second-order valence-corrected chi connectivity index (χ2v) is 6.85. The summed E-state index contributed by atoms with van der Waals surface area (Å²) in [6.07, 6.45) is 4.56. The molecule has 1 aromatic heterocycles. The number of fused-ring (bicyclic) bond motifs is 2. The van der Waals surface area contributed by atoms with E-state index < -0.39 is 0 Å². The van der Waals surface area contributed by atoms with E-state index in [1.807, 2.05) is 6.92 Å². The average Bonchev–Trinajstić information content (AvgIpc) is 2.73. The van der Waals surface area contributed by atoms with E-state index in [-0.39, 0.29) is 5.41 Å². The van der Waals surface area contributed by atoms with E-state index >= 15 is 0 Å². The highest BCUT2D eigenvalue weighted by atomic mass is 35.5. The molecule has 0 saturated carbocycles. The first kappa shape index (κ1) is 16.3. The van der Waals surface area contributed by atoms with Crippen LogP contribution < -0.4 is 4.90 Å². The van der Waals surface area contributed by atoms with E-state index in [2.05, 4.69) is 54.5 Å². The van der Waals surface area contributed by atoms with Crippen molar-refractivity contribution in [1.29, 1.82) is 0 Å². The van der Waals surface area contributed by atoms with Crippen LogP contribution in [0, 0.1) is 6.92 Å². The average molecular weight is 330 g/mol. The van der Waals surface area contributed by atoms with Gasteiger partial charge in [0.15, 0.2) is 0 Å². The molecule has 0 aliphatic carbocycles. The summed E-state index contributed by atoms with van der Waals surface area (Å²) in [6.45, 7) is 10.8. The summed E-state index contributed by atoms with van der Waals surface area (Å²) in [5.74, 6) is 0.711. The van der Waals surface area contributed by atoms with Crippen LogP contribution in [0.25, 0.3) is 10.9 Å². The van der Waals surface area contributed by atoms with Crippen molar-refractivity contribution in [3.8, 4) is 0 Å². The lowest BCUT2D eigenvalue weighted by Crippen LogP contribution is -2.28. The fourth-order valence-electron chi connectivity index (χ4n) is 3.85. The lowest BCUT2D eigenvalue weighted by Gasteiger charge is -2.31. The van der Waals surface area contributed by atoms with E-state index in [4.69, 9.17) is 11.6 Å². The van der Waals surface area contributed by atoms with E-state index in [1.54, 1.807) is 0 Å². The summed E-state index contributed by atoms with van der Waals surface area (Å²) in [6, 6.07) is 4.33. The van der Waals surface area contributed by atoms with Gasteiger partial charge in [0.1, 0.15) is 11.0 Å². The molecule has 0 N–H and O–H groups in total. The second kappa shape index (κ2) is 5.79. The number of aromatic nitrogens is 2. The first-order chi connectivity index (χ1) is 10.9. The molecule has 0 bridgehead atoms. The van der Waals surface area contributed by atoms with Gasteiger partial charge in [-0.2, -0.15) is 0 Å². The number of anilines is 1. The van der Waals surface area contributed by atoms with Gasteiger partial charge >= 0.3 is 0 Å². The Hall–Kier alpha value is -1.61. The van der Waals surface area contributed by atoms with Gasteiger partial charge in [0.25, 0.3) is 0 Å². The highest BCUT2D eigenvalue weighted by molar-refractivity contribution is 6.34. The van der Waals surface area contributed by atoms with Gasteiger partial charge in [-0.25, -0.2) is 9.97 Å². The Bertz CT molecular complexity index is 784. The molecule has 4 heteroatoms. The zero-order chi connectivity index (χ0) is 16.8. The van der Waals surface area contributed by atoms with Crippen LogP contribution in [-0.4, -0.2) is 17.0 Å². The summed E-state index contributed by atoms with van der Waals surface area (Å²) >= 11 is 6.34. The molecule has 0 amide bonds. The number of hydrogen-bond donors (Lipinski definition) is 0. The molecule has 1 aliphatic heterocycles. The van der Waals surface area contributed by atoms with E-state index in [0.29, 0.717) is 11.0 Å². The lowest BCUT2D eigenvalue weighted by molar-refractivity contribution is 0.439. The first-order valence-corrected chi connectivity index (χ1v) is 8.74. The SMILES string of the molecule is C=C1N(C)c2cc3c(Cl)nc(C)nc3cc2C1(CC)CCCC. The molecule has 3 nitrogen and oxygen atoms in total. The Kier molecular flexibility index (Phi) is 4.09. The van der Waals surface area contributed by atoms with Gasteiger partial charge in [0.05, 0.1) is 5.52 Å². The van der Waals surface area contributed by atoms with Crippen LogP contribution in [0.4, 0.5) is 5.69 Å². The maximum absolute atomic E-state index is 6.34. The normalized spacial score (nSPS) is 20.4. The zero-order valence-corrected chi connectivity index (χ0v) is 15.2. The minimum atomic E-state index is 0.0135. The molecule has 1 atom stereocenters. The van der Waals surface area contributed by atoms with Crippen molar-refractivity contribution < 1.29 is 0 Å². The van der Waals surface area contributed by atoms with Gasteiger partial charge in [-0.1, -0.05) is 44.9 Å². The number of rotatable bonds is 4. The van der Waals surface area contributed by atoms with Crippen molar-refractivity contribution in [3.63, 3.8) is 0 Å². The van der Waals surface area contributed by atoms with Crippen molar-refractivity contribution in [1.82, 2.24) is 9.97 Å². The van der Waals surface area contributed by atoms with E-state index in [9.17, 15) is 0 Å². The number of halogens is 1. The summed E-state index contributed by atoms with van der Waals surface area (Å²) in [7, 11) is 2.10. The van der Waals surface area contributed by atoms with E-state index in [1.165, 1.54) is 29.8 Å². The molecule has 23 heavy (non-hydrogen) atoms. The largest absolute Gasteiger partial charge is 0.348 e. The Morgan fingerprint density at radius 3 is 2.65 bits per heavy atom. The van der Waals surface area contributed by atoms with Crippen LogP contribution in [0.15, 0.2) is 24.4 Å². The summed E-state index contributed by atoms with van der Waals surface area (Å²) in [4.78, 5) is 11.1. The van der Waals surface area contributed by atoms with Crippen molar-refractivity contribution in [3.05, 3.63) is 40.9 Å². The third-order valence-electron chi connectivity index (χ3n) is 5.27. The topological polar surface area (TPSA) is 29.0 Å². The Morgan fingerprint density at radius 1 is 1.26 bits per heavy atom. The fraction of sp³-hybridized carbons (Fsp3) is 0.474. The molecule has 122 valence electrons. The number of hydrogen-bond acceptors (Lipinski definition) is 3. The number of benzene rings is 1. The maximum atomic E-state index is 6.34. The van der Waals surface area contributed by atoms with Crippen molar-refractivity contribution in [2.75, 3.05) is 11.9 Å². The number of aryl methyl sites for hydroxylation is 1. The van der Waals surface area contributed by atoms with Gasteiger partial charge in [-0.05, 0) is 37.5 Å². The standard InChI is InChI=1S/C19H24ClN3/c1-6-8-9-19(7-2)12(3)23(5)17-10-14-16(11-15(17)19)21-13(4)22-18(14)20/h10-11H,3,6-9H2,1-2,4-5H3. The monoisotopic (exact) mass is 329 g/mol. The minimum Gasteiger partial charge on any atom is -0.348 e. The lowest BCUT2D eigenvalue weighted by atomic mass is 9.73. The Morgan fingerprint density at radius 2 is 2.00 bits per heavy atom. The van der Waals surface area contributed by atoms with Crippen LogP contribution in [0.3, 0.4) is 0 Å². The first-order valence-electron chi connectivity index (χ1n) is 8.36. The van der Waals surface area contributed by atoms with Crippen molar-refractivity contribution >= 4 is 28.2 Å². The minimum absolute atomic E-state index is 0.0135. The Balaban J connectivity index is 2.28. The second-order valence-electron chi connectivity index (χ2n) is 6.49. The number of unbranched alkanes of at least 4 members (excludes halogenated alkanes) is 1. The zero-order valence-electron chi connectivity index (χ0n) is 14.4. The fourth-order valence-corrected chi connectivity index (χ4v) is 4.12. The molecule has 1 aliphatic rings. The molecule has 2 aromatic rings. The van der Waals surface area contributed by atoms with Crippen molar-refractivity contribution in [2.24, 2.45) is 0 Å². The Labute approximate surface area is 143 Å². The van der Waals surface area contributed by atoms with Crippen LogP contribution in [0.2, 0.25) is 5.15 Å². The molecule has 1 unspecified atom stereocenters. The molecular weight excluding hydrogens is 306 g/mol. The number of allylic oxidation sites excluding steroid dienone is 1. The van der Waals surface area contributed by atoms with Crippen LogP contribution >= 0.6 is 11.6 Å². The highest BCUT2D eigenvalue weighted by Gasteiger charge is 2.43. The van der Waals surface area contributed by atoms with Crippen LogP contribution in [0.5, 0.6) is 0 Å². The molecule has 3 rings (SSSR count). The molecule has 2 heterocycles. The molecular formula is C19H24ClN3. The third-order valence-corrected chi connectivity index (χ3v) is 5.56. The van der Waals surface area contributed by atoms with Crippen LogP contribution in [0.1, 0.15) is 50.9 Å². The van der Waals surface area contributed by atoms with Gasteiger partial charge in [-0.3, -0.25) is 0 Å². The molecule has 0 spiro atoms. The summed E-state index contributed by atoms with van der Waals surface area (Å²) < 4.78 is 0. The predicted octanol–water partition coefficient (Wildman–Crippen LogP) is 5.39. The predicted molar refractivity (Wildman–Crippen MR) is 98.3 cm³/mol. The smallest absolute Gasteiger partial charge is 0.140 e. The van der Waals surface area contributed by atoms with E-state index in [0.717, 1.165) is 23.7 Å². The quantitative estimate of drug-likeness (QED) is 0.704. The summed E-state index contributed by atoms with van der Waals surface area (Å²) in [5, 5.41) is 1.44. The van der Waals surface area contributed by atoms with Gasteiger partial charge in [0.2, 0.25) is 0 Å².